The van der Waals surface area contributed by atoms with E-state index in [1.54, 1.807) is 21.3 Å². The molecule has 1 unspecified atom stereocenters. The van der Waals surface area contributed by atoms with Crippen molar-refractivity contribution in [2.45, 2.75) is 5.92 Å². The van der Waals surface area contributed by atoms with Gasteiger partial charge >= 0.3 is 5.97 Å². The summed E-state index contributed by atoms with van der Waals surface area (Å²) in [4.78, 5) is 14.7. The van der Waals surface area contributed by atoms with Crippen LogP contribution in [-0.4, -0.2) is 47.7 Å². The maximum atomic E-state index is 12.8. The molecule has 0 radical (unpaired) electrons. The molecule has 3 aliphatic heterocycles. The maximum absolute atomic E-state index is 12.8. The van der Waals surface area contributed by atoms with E-state index >= 15 is 0 Å². The van der Waals surface area contributed by atoms with Crippen molar-refractivity contribution in [2.75, 3.05) is 46.7 Å². The highest BCUT2D eigenvalue weighted by Gasteiger charge is 2.42. The van der Waals surface area contributed by atoms with Crippen LogP contribution in [0.5, 0.6) is 28.7 Å². The van der Waals surface area contributed by atoms with Crippen LogP contribution in [0.2, 0.25) is 0 Å². The van der Waals surface area contributed by atoms with Crippen LogP contribution in [0.4, 0.5) is 5.69 Å². The van der Waals surface area contributed by atoms with Gasteiger partial charge in [-0.2, -0.15) is 0 Å². The molecule has 3 heterocycles. The van der Waals surface area contributed by atoms with Crippen molar-refractivity contribution in [1.29, 1.82) is 0 Å². The van der Waals surface area contributed by atoms with Gasteiger partial charge < -0.3 is 33.3 Å². The molecule has 5 rings (SSSR count). The summed E-state index contributed by atoms with van der Waals surface area (Å²) < 4.78 is 33.1. The summed E-state index contributed by atoms with van der Waals surface area (Å²) in [5.41, 5.74) is 4.08. The molecule has 0 saturated carbocycles. The minimum Gasteiger partial charge on any atom is -0.493 e. The average molecular weight is 411 g/mol. The summed E-state index contributed by atoms with van der Waals surface area (Å²) in [5, 5.41) is 0. The fourth-order valence-electron chi connectivity index (χ4n) is 4.35. The molecule has 0 fully saturated rings. The van der Waals surface area contributed by atoms with Gasteiger partial charge in [-0.3, -0.25) is 0 Å². The molecule has 8 heteroatoms. The molecular weight excluding hydrogens is 390 g/mol. The summed E-state index contributed by atoms with van der Waals surface area (Å²) in [6.07, 6.45) is 0. The van der Waals surface area contributed by atoms with E-state index in [2.05, 4.69) is 0 Å². The second-order valence-electron chi connectivity index (χ2n) is 7.15. The standard InChI is InChI=1S/C22H21NO7/c1-23-13-8-16-15(29-10-30-16)7-12(13)19(20-14(23)9-28-22(20)24)11-5-17(25-2)21(27-4)18(6-11)26-3/h5-8,19H,9-10H2,1-4H3. The summed E-state index contributed by atoms with van der Waals surface area (Å²) >= 11 is 0. The Balaban J connectivity index is 1.77. The molecule has 0 aliphatic carbocycles. The largest absolute Gasteiger partial charge is 0.493 e. The van der Waals surface area contributed by atoms with Crippen LogP contribution in [0.1, 0.15) is 17.0 Å². The van der Waals surface area contributed by atoms with Crippen LogP contribution < -0.4 is 28.6 Å². The number of esters is 1. The highest BCUT2D eigenvalue weighted by molar-refractivity contribution is 5.98. The zero-order valence-electron chi connectivity index (χ0n) is 17.1. The van der Waals surface area contributed by atoms with Crippen molar-refractivity contribution < 1.29 is 33.2 Å². The first kappa shape index (κ1) is 18.5. The van der Waals surface area contributed by atoms with Gasteiger partial charge in [0.05, 0.1) is 32.6 Å². The minimum absolute atomic E-state index is 0.173. The molecule has 2 aromatic carbocycles. The number of hydrogen-bond donors (Lipinski definition) is 0. The van der Waals surface area contributed by atoms with Crippen LogP contribution in [0.3, 0.4) is 0 Å². The normalized spacial score (nSPS) is 18.7. The zero-order chi connectivity index (χ0) is 21.0. The SMILES string of the molecule is COc1cc(C2C3=C(COC3=O)N(C)c3cc4c(cc32)OCO4)cc(OC)c1OC. The Morgan fingerprint density at radius 2 is 1.60 bits per heavy atom. The number of fused-ring (bicyclic) bond motifs is 2. The fraction of sp³-hybridized carbons (Fsp3) is 0.318. The second kappa shape index (κ2) is 6.76. The number of carbonyl (C=O) groups excluding carboxylic acids is 1. The Hall–Kier alpha value is -3.55. The molecular formula is C22H21NO7. The molecule has 0 amide bonds. The van der Waals surface area contributed by atoms with Gasteiger partial charge in [0.25, 0.3) is 0 Å². The van der Waals surface area contributed by atoms with Gasteiger partial charge in [-0.1, -0.05) is 0 Å². The van der Waals surface area contributed by atoms with Crippen LogP contribution in [0.15, 0.2) is 35.5 Å². The van der Waals surface area contributed by atoms with Gasteiger partial charge in [0.1, 0.15) is 6.61 Å². The predicted molar refractivity (Wildman–Crippen MR) is 107 cm³/mol. The second-order valence-corrected chi connectivity index (χ2v) is 7.15. The molecule has 2 aromatic rings. The van der Waals surface area contributed by atoms with Gasteiger partial charge in [-0.15, -0.1) is 0 Å². The van der Waals surface area contributed by atoms with Crippen LogP contribution >= 0.6 is 0 Å². The highest BCUT2D eigenvalue weighted by atomic mass is 16.7. The molecule has 0 aromatic heterocycles. The molecule has 8 nitrogen and oxygen atoms in total. The Kier molecular flexibility index (Phi) is 4.16. The number of anilines is 1. The monoisotopic (exact) mass is 411 g/mol. The van der Waals surface area contributed by atoms with E-state index in [0.29, 0.717) is 34.3 Å². The molecule has 30 heavy (non-hydrogen) atoms. The van der Waals surface area contributed by atoms with E-state index < -0.39 is 0 Å². The van der Waals surface area contributed by atoms with Gasteiger partial charge in [0, 0.05) is 24.7 Å². The summed E-state index contributed by atoms with van der Waals surface area (Å²) in [7, 11) is 6.61. The van der Waals surface area contributed by atoms with Gasteiger partial charge in [-0.05, 0) is 29.3 Å². The van der Waals surface area contributed by atoms with Crippen LogP contribution in [0, 0.1) is 0 Å². The molecule has 0 saturated heterocycles. The molecule has 0 spiro atoms. The fourth-order valence-corrected chi connectivity index (χ4v) is 4.35. The molecule has 0 bridgehead atoms. The number of rotatable bonds is 4. The van der Waals surface area contributed by atoms with Crippen molar-refractivity contribution in [2.24, 2.45) is 0 Å². The number of methoxy groups -OCH3 is 3. The highest BCUT2D eigenvalue weighted by Crippen LogP contribution is 2.52. The van der Waals surface area contributed by atoms with Gasteiger partial charge in [0.15, 0.2) is 23.0 Å². The average Bonchev–Trinajstić information content (AvgIpc) is 3.38. The maximum Gasteiger partial charge on any atom is 0.337 e. The van der Waals surface area contributed by atoms with Crippen molar-refractivity contribution in [3.05, 3.63) is 46.7 Å². The quantitative estimate of drug-likeness (QED) is 0.711. The summed E-state index contributed by atoms with van der Waals surface area (Å²) in [6.45, 7) is 0.394. The number of ether oxygens (including phenoxy) is 6. The molecule has 156 valence electrons. The van der Waals surface area contributed by atoms with E-state index in [1.165, 1.54) is 0 Å². The van der Waals surface area contributed by atoms with E-state index in [0.717, 1.165) is 22.5 Å². The third-order valence-corrected chi connectivity index (χ3v) is 5.78. The van der Waals surface area contributed by atoms with Crippen LogP contribution in [-0.2, 0) is 9.53 Å². The number of cyclic esters (lactones) is 1. The van der Waals surface area contributed by atoms with E-state index in [-0.39, 0.29) is 25.3 Å². The first-order valence-electron chi connectivity index (χ1n) is 9.44. The number of nitrogens with zero attached hydrogens (tertiary/aromatic N) is 1. The first-order chi connectivity index (χ1) is 14.6. The number of hydrogen-bond acceptors (Lipinski definition) is 8. The van der Waals surface area contributed by atoms with E-state index in [4.69, 9.17) is 28.4 Å². The Morgan fingerprint density at radius 1 is 0.933 bits per heavy atom. The number of benzene rings is 2. The first-order valence-corrected chi connectivity index (χ1v) is 9.44. The number of carbonyl (C=O) groups is 1. The predicted octanol–water partition coefficient (Wildman–Crippen LogP) is 2.83. The lowest BCUT2D eigenvalue weighted by Gasteiger charge is -2.33. The Labute approximate surface area is 173 Å². The minimum atomic E-state index is -0.385. The third-order valence-electron chi connectivity index (χ3n) is 5.78. The van der Waals surface area contributed by atoms with Crippen molar-refractivity contribution >= 4 is 11.7 Å². The summed E-state index contributed by atoms with van der Waals surface area (Å²) in [5.74, 6) is 2.13. The van der Waals surface area contributed by atoms with Crippen molar-refractivity contribution in [3.63, 3.8) is 0 Å². The van der Waals surface area contributed by atoms with E-state index in [1.807, 2.05) is 36.2 Å². The molecule has 1 atom stereocenters. The lowest BCUT2D eigenvalue weighted by Crippen LogP contribution is -2.27. The molecule has 0 N–H and O–H groups in total. The van der Waals surface area contributed by atoms with Gasteiger partial charge in [-0.25, -0.2) is 4.79 Å². The Bertz CT molecular complexity index is 1070. The topological polar surface area (TPSA) is 75.7 Å². The van der Waals surface area contributed by atoms with Gasteiger partial charge in [0.2, 0.25) is 12.5 Å². The zero-order valence-corrected chi connectivity index (χ0v) is 17.1. The Morgan fingerprint density at radius 3 is 2.23 bits per heavy atom. The smallest absolute Gasteiger partial charge is 0.337 e. The summed E-state index contributed by atoms with van der Waals surface area (Å²) in [6, 6.07) is 7.59. The molecule has 3 aliphatic rings. The lowest BCUT2D eigenvalue weighted by atomic mass is 9.80. The van der Waals surface area contributed by atoms with Crippen molar-refractivity contribution in [3.8, 4) is 28.7 Å². The number of likely N-dealkylation sites (N-methyl/N-ethyl adjacent to an activating group) is 1. The van der Waals surface area contributed by atoms with Crippen LogP contribution in [0.25, 0.3) is 0 Å². The van der Waals surface area contributed by atoms with Crippen molar-refractivity contribution in [1.82, 2.24) is 0 Å². The lowest BCUT2D eigenvalue weighted by molar-refractivity contribution is -0.136. The third kappa shape index (κ3) is 2.49. The van der Waals surface area contributed by atoms with E-state index in [9.17, 15) is 4.79 Å².